The molecule has 2 N–H and O–H groups in total. The average molecular weight is 512 g/mol. The second kappa shape index (κ2) is 11.6. The van der Waals surface area contributed by atoms with E-state index in [1.54, 1.807) is 29.7 Å². The first kappa shape index (κ1) is 22.1. The lowest BCUT2D eigenvalue weighted by atomic mass is 10.2. The number of hydrogen-bond acceptors (Lipinski definition) is 4. The highest BCUT2D eigenvalue weighted by atomic mass is 127. The van der Waals surface area contributed by atoms with Crippen LogP contribution in [0.1, 0.15) is 18.1 Å². The van der Waals surface area contributed by atoms with Crippen LogP contribution in [0.2, 0.25) is 0 Å². The van der Waals surface area contributed by atoms with Gasteiger partial charge >= 0.3 is 0 Å². The molecule has 2 heterocycles. The molecule has 2 aromatic heterocycles. The van der Waals surface area contributed by atoms with E-state index in [-0.39, 0.29) is 29.8 Å². The fourth-order valence-corrected chi connectivity index (χ4v) is 2.98. The molecular formula is C20H22FIN4OS. The molecule has 0 bridgehead atoms. The molecular weight excluding hydrogens is 490 g/mol. The number of ether oxygens (including phenoxy) is 1. The van der Waals surface area contributed by atoms with E-state index in [4.69, 9.17) is 4.74 Å². The van der Waals surface area contributed by atoms with Gasteiger partial charge in [-0.25, -0.2) is 14.4 Å². The number of aromatic nitrogens is 1. The van der Waals surface area contributed by atoms with Crippen LogP contribution in [0.25, 0.3) is 0 Å². The monoisotopic (exact) mass is 512 g/mol. The van der Waals surface area contributed by atoms with E-state index in [1.807, 2.05) is 24.4 Å². The maximum atomic E-state index is 13.0. The van der Waals surface area contributed by atoms with E-state index >= 15 is 0 Å². The lowest BCUT2D eigenvalue weighted by Gasteiger charge is -2.12. The van der Waals surface area contributed by atoms with Gasteiger partial charge in [0, 0.05) is 25.4 Å². The molecule has 0 fully saturated rings. The number of aliphatic imine (C=N–C) groups is 1. The van der Waals surface area contributed by atoms with Crippen LogP contribution in [0, 0.1) is 5.82 Å². The standard InChI is InChI=1S/C20H21FN4OS.HI/c1-2-22-20(25-13-16-8-10-27-14-16)24-12-15-7-9-23-19(11-15)26-18-5-3-17(21)4-6-18;/h3-11,14H,2,12-13H2,1H3,(H2,22,24,25);1H. The molecule has 0 amide bonds. The lowest BCUT2D eigenvalue weighted by molar-refractivity contribution is 0.460. The van der Waals surface area contributed by atoms with Crippen molar-refractivity contribution < 1.29 is 9.13 Å². The van der Waals surface area contributed by atoms with Crippen LogP contribution in [0.15, 0.2) is 64.4 Å². The fourth-order valence-electron chi connectivity index (χ4n) is 2.32. The zero-order valence-electron chi connectivity index (χ0n) is 15.4. The second-order valence-electron chi connectivity index (χ2n) is 5.74. The van der Waals surface area contributed by atoms with Crippen LogP contribution in [-0.2, 0) is 13.1 Å². The van der Waals surface area contributed by atoms with Crippen LogP contribution in [0.5, 0.6) is 11.6 Å². The predicted octanol–water partition coefficient (Wildman–Crippen LogP) is 4.95. The maximum Gasteiger partial charge on any atom is 0.219 e. The number of nitrogens with zero attached hydrogens (tertiary/aromatic N) is 2. The SMILES string of the molecule is CCNC(=NCc1ccsc1)NCc1ccnc(Oc2ccc(F)cc2)c1.I. The number of benzene rings is 1. The largest absolute Gasteiger partial charge is 0.439 e. The topological polar surface area (TPSA) is 58.5 Å². The maximum absolute atomic E-state index is 13.0. The summed E-state index contributed by atoms with van der Waals surface area (Å²) in [5.74, 6) is 1.45. The summed E-state index contributed by atoms with van der Waals surface area (Å²) in [5.41, 5.74) is 2.19. The van der Waals surface area contributed by atoms with Gasteiger partial charge in [-0.05, 0) is 65.2 Å². The van der Waals surface area contributed by atoms with Crippen molar-refractivity contribution >= 4 is 41.3 Å². The number of guanidine groups is 1. The smallest absolute Gasteiger partial charge is 0.219 e. The molecule has 5 nitrogen and oxygen atoms in total. The molecule has 0 saturated heterocycles. The summed E-state index contributed by atoms with van der Waals surface area (Å²) in [6.07, 6.45) is 1.69. The molecule has 3 rings (SSSR count). The van der Waals surface area contributed by atoms with Crippen molar-refractivity contribution in [3.8, 4) is 11.6 Å². The molecule has 0 aliphatic rings. The van der Waals surface area contributed by atoms with Crippen LogP contribution in [0.4, 0.5) is 4.39 Å². The van der Waals surface area contributed by atoms with Gasteiger partial charge in [0.1, 0.15) is 11.6 Å². The molecule has 148 valence electrons. The van der Waals surface area contributed by atoms with Gasteiger partial charge in [-0.15, -0.1) is 24.0 Å². The van der Waals surface area contributed by atoms with Crippen LogP contribution in [0.3, 0.4) is 0 Å². The summed E-state index contributed by atoms with van der Waals surface area (Å²) in [5, 5.41) is 10.7. The Bertz CT molecular complexity index is 872. The molecule has 0 aliphatic heterocycles. The first-order valence-corrected chi connectivity index (χ1v) is 9.59. The third-order valence-corrected chi connectivity index (χ3v) is 4.37. The molecule has 0 unspecified atom stereocenters. The minimum atomic E-state index is -0.300. The Morgan fingerprint density at radius 1 is 1.14 bits per heavy atom. The summed E-state index contributed by atoms with van der Waals surface area (Å²) in [6.45, 7) is 4.03. The second-order valence-corrected chi connectivity index (χ2v) is 6.52. The summed E-state index contributed by atoms with van der Waals surface area (Å²) < 4.78 is 18.7. The molecule has 0 saturated carbocycles. The van der Waals surface area contributed by atoms with E-state index in [1.165, 1.54) is 17.7 Å². The van der Waals surface area contributed by atoms with Crippen molar-refractivity contribution in [1.29, 1.82) is 0 Å². The third kappa shape index (κ3) is 7.08. The van der Waals surface area contributed by atoms with Gasteiger partial charge in [0.05, 0.1) is 6.54 Å². The summed E-state index contributed by atoms with van der Waals surface area (Å²) in [6, 6.07) is 11.7. The molecule has 1 aromatic carbocycles. The quantitative estimate of drug-likeness (QED) is 0.267. The minimum absolute atomic E-state index is 0. The Balaban J connectivity index is 0.00000280. The van der Waals surface area contributed by atoms with Crippen molar-refractivity contribution in [3.63, 3.8) is 0 Å². The average Bonchev–Trinajstić information content (AvgIpc) is 3.20. The van der Waals surface area contributed by atoms with Crippen molar-refractivity contribution in [2.45, 2.75) is 20.0 Å². The minimum Gasteiger partial charge on any atom is -0.439 e. The number of hydrogen-bond donors (Lipinski definition) is 2. The summed E-state index contributed by atoms with van der Waals surface area (Å²) in [4.78, 5) is 8.79. The normalized spacial score (nSPS) is 10.9. The van der Waals surface area contributed by atoms with Crippen LogP contribution in [-0.4, -0.2) is 17.5 Å². The van der Waals surface area contributed by atoms with E-state index in [9.17, 15) is 4.39 Å². The van der Waals surface area contributed by atoms with Gasteiger partial charge < -0.3 is 15.4 Å². The highest BCUT2D eigenvalue weighted by Gasteiger charge is 2.03. The van der Waals surface area contributed by atoms with Gasteiger partial charge in [0.15, 0.2) is 5.96 Å². The Morgan fingerprint density at radius 2 is 1.96 bits per heavy atom. The molecule has 28 heavy (non-hydrogen) atoms. The lowest BCUT2D eigenvalue weighted by Crippen LogP contribution is -2.36. The summed E-state index contributed by atoms with van der Waals surface area (Å²) in [7, 11) is 0. The number of pyridine rings is 1. The Morgan fingerprint density at radius 3 is 2.68 bits per heavy atom. The number of rotatable bonds is 7. The molecule has 0 radical (unpaired) electrons. The van der Waals surface area contributed by atoms with E-state index in [0.29, 0.717) is 24.7 Å². The fraction of sp³-hybridized carbons (Fsp3) is 0.200. The molecule has 0 spiro atoms. The molecule has 3 aromatic rings. The zero-order chi connectivity index (χ0) is 18.9. The van der Waals surface area contributed by atoms with Gasteiger partial charge in [-0.2, -0.15) is 11.3 Å². The van der Waals surface area contributed by atoms with Crippen molar-refractivity contribution in [2.75, 3.05) is 6.54 Å². The number of nitrogens with one attached hydrogen (secondary N) is 2. The predicted molar refractivity (Wildman–Crippen MR) is 122 cm³/mol. The van der Waals surface area contributed by atoms with Gasteiger partial charge in [0.2, 0.25) is 5.88 Å². The van der Waals surface area contributed by atoms with E-state index in [2.05, 4.69) is 32.1 Å². The third-order valence-electron chi connectivity index (χ3n) is 3.64. The first-order valence-electron chi connectivity index (χ1n) is 8.64. The highest BCUT2D eigenvalue weighted by molar-refractivity contribution is 14.0. The summed E-state index contributed by atoms with van der Waals surface area (Å²) >= 11 is 1.67. The zero-order valence-corrected chi connectivity index (χ0v) is 18.5. The number of thiophene rings is 1. The van der Waals surface area contributed by atoms with Crippen molar-refractivity contribution in [3.05, 3.63) is 76.4 Å². The van der Waals surface area contributed by atoms with Crippen molar-refractivity contribution in [2.24, 2.45) is 4.99 Å². The van der Waals surface area contributed by atoms with Crippen LogP contribution >= 0.6 is 35.3 Å². The van der Waals surface area contributed by atoms with E-state index in [0.717, 1.165) is 18.1 Å². The first-order chi connectivity index (χ1) is 13.2. The highest BCUT2D eigenvalue weighted by Crippen LogP contribution is 2.20. The van der Waals surface area contributed by atoms with Gasteiger partial charge in [0.25, 0.3) is 0 Å². The van der Waals surface area contributed by atoms with Gasteiger partial charge in [-0.1, -0.05) is 0 Å². The number of halogens is 2. The Kier molecular flexibility index (Phi) is 9.15. The molecule has 8 heteroatoms. The molecule has 0 aliphatic carbocycles. The van der Waals surface area contributed by atoms with Gasteiger partial charge in [-0.3, -0.25) is 0 Å². The molecule has 0 atom stereocenters. The Labute approximate surface area is 185 Å². The Hall–Kier alpha value is -2.20. The van der Waals surface area contributed by atoms with E-state index < -0.39 is 0 Å². The van der Waals surface area contributed by atoms with Crippen molar-refractivity contribution in [1.82, 2.24) is 15.6 Å². The van der Waals surface area contributed by atoms with Crippen LogP contribution < -0.4 is 15.4 Å².